The number of benzene rings is 2. The molecular formula is C14H11NO2S. The third kappa shape index (κ3) is 1.84. The molecule has 0 atom stereocenters. The minimum atomic E-state index is -3.49. The number of rotatable bonds is 2. The van der Waals surface area contributed by atoms with E-state index in [1.807, 2.05) is 42.5 Å². The molecule has 1 aliphatic rings. The molecular weight excluding hydrogens is 246 g/mol. The molecule has 0 fully saturated rings. The molecule has 0 saturated heterocycles. The number of nitrogens with zero attached hydrogens (tertiary/aromatic N) is 1. The van der Waals surface area contributed by atoms with E-state index in [2.05, 4.69) is 4.40 Å². The zero-order chi connectivity index (χ0) is 12.6. The minimum absolute atomic E-state index is 0.316. The summed E-state index contributed by atoms with van der Waals surface area (Å²) in [5.74, 6) is 0. The Hall–Kier alpha value is -1.94. The number of fused-ring (bicyclic) bond motifs is 1. The number of hydrogen-bond donors (Lipinski definition) is 0. The van der Waals surface area contributed by atoms with Crippen molar-refractivity contribution in [3.63, 3.8) is 0 Å². The van der Waals surface area contributed by atoms with Crippen molar-refractivity contribution >= 4 is 15.7 Å². The lowest BCUT2D eigenvalue weighted by Crippen LogP contribution is -2.02. The average Bonchev–Trinajstić information content (AvgIpc) is 2.63. The molecule has 0 unspecified atom stereocenters. The highest BCUT2D eigenvalue weighted by Gasteiger charge is 2.27. The van der Waals surface area contributed by atoms with E-state index in [1.54, 1.807) is 12.1 Å². The van der Waals surface area contributed by atoms with Gasteiger partial charge < -0.3 is 0 Å². The lowest BCUT2D eigenvalue weighted by molar-refractivity contribution is 0.599. The van der Waals surface area contributed by atoms with Gasteiger partial charge in [0.1, 0.15) is 0 Å². The van der Waals surface area contributed by atoms with Gasteiger partial charge in [-0.15, -0.1) is 0 Å². The summed E-state index contributed by atoms with van der Waals surface area (Å²) in [5, 5.41) is 0. The van der Waals surface area contributed by atoms with Crippen molar-refractivity contribution in [2.75, 3.05) is 0 Å². The first-order valence-corrected chi connectivity index (χ1v) is 7.08. The second kappa shape index (κ2) is 4.07. The molecule has 1 aliphatic heterocycles. The molecule has 0 bridgehead atoms. The summed E-state index contributed by atoms with van der Waals surface area (Å²) in [4.78, 5) is 0.316. The second-order valence-corrected chi connectivity index (χ2v) is 5.74. The highest BCUT2D eigenvalue weighted by Crippen LogP contribution is 2.27. The van der Waals surface area contributed by atoms with E-state index < -0.39 is 10.0 Å². The van der Waals surface area contributed by atoms with Crippen molar-refractivity contribution in [3.8, 4) is 0 Å². The summed E-state index contributed by atoms with van der Waals surface area (Å²) < 4.78 is 27.6. The molecule has 0 spiro atoms. The van der Waals surface area contributed by atoms with Crippen LogP contribution in [0, 0.1) is 0 Å². The Morgan fingerprint density at radius 3 is 2.33 bits per heavy atom. The average molecular weight is 257 g/mol. The molecule has 3 rings (SSSR count). The molecule has 0 amide bonds. The Morgan fingerprint density at radius 1 is 0.889 bits per heavy atom. The van der Waals surface area contributed by atoms with E-state index in [9.17, 15) is 8.42 Å². The monoisotopic (exact) mass is 257 g/mol. The smallest absolute Gasteiger partial charge is 0.199 e. The van der Waals surface area contributed by atoms with Crippen LogP contribution in [0.3, 0.4) is 0 Å². The van der Waals surface area contributed by atoms with E-state index in [4.69, 9.17) is 0 Å². The maximum Gasteiger partial charge on any atom is 0.283 e. The quantitative estimate of drug-likeness (QED) is 0.829. The summed E-state index contributed by atoms with van der Waals surface area (Å²) in [6.07, 6.45) is 0.539. The van der Waals surface area contributed by atoms with Crippen LogP contribution in [0.5, 0.6) is 0 Å². The Labute approximate surface area is 106 Å². The lowest BCUT2D eigenvalue weighted by atomic mass is 10.0. The SMILES string of the molecule is O=S1(=O)N=C(Cc2ccccc2)c2ccccc21. The highest BCUT2D eigenvalue weighted by molar-refractivity contribution is 7.90. The molecule has 0 saturated carbocycles. The summed E-state index contributed by atoms with van der Waals surface area (Å²) in [5.41, 5.74) is 2.40. The molecule has 0 aromatic heterocycles. The van der Waals surface area contributed by atoms with Crippen molar-refractivity contribution in [1.29, 1.82) is 0 Å². The van der Waals surface area contributed by atoms with Gasteiger partial charge in [-0.3, -0.25) is 0 Å². The fourth-order valence-corrected chi connectivity index (χ4v) is 3.36. The van der Waals surface area contributed by atoms with Crippen LogP contribution in [-0.4, -0.2) is 14.1 Å². The molecule has 0 aliphatic carbocycles. The largest absolute Gasteiger partial charge is 0.283 e. The van der Waals surface area contributed by atoms with Crippen LogP contribution in [0.1, 0.15) is 11.1 Å². The van der Waals surface area contributed by atoms with Crippen molar-refractivity contribution in [2.24, 2.45) is 4.40 Å². The van der Waals surface area contributed by atoms with E-state index in [0.717, 1.165) is 11.1 Å². The third-order valence-corrected chi connectivity index (χ3v) is 4.29. The van der Waals surface area contributed by atoms with Gasteiger partial charge in [-0.2, -0.15) is 12.8 Å². The maximum atomic E-state index is 11.9. The first-order chi connectivity index (χ1) is 8.67. The Bertz CT molecular complexity index is 718. The molecule has 2 aromatic carbocycles. The molecule has 0 N–H and O–H groups in total. The normalized spacial score (nSPS) is 16.1. The molecule has 2 aromatic rings. The van der Waals surface area contributed by atoms with E-state index >= 15 is 0 Å². The predicted octanol–water partition coefficient (Wildman–Crippen LogP) is 2.42. The molecule has 90 valence electrons. The summed E-state index contributed by atoms with van der Waals surface area (Å²) in [6.45, 7) is 0. The summed E-state index contributed by atoms with van der Waals surface area (Å²) in [7, 11) is -3.49. The summed E-state index contributed by atoms with van der Waals surface area (Å²) >= 11 is 0. The van der Waals surface area contributed by atoms with Crippen molar-refractivity contribution < 1.29 is 8.42 Å². The topological polar surface area (TPSA) is 46.5 Å². The first kappa shape index (κ1) is 11.2. The van der Waals surface area contributed by atoms with Crippen LogP contribution in [0.4, 0.5) is 0 Å². The Balaban J connectivity index is 2.05. The van der Waals surface area contributed by atoms with Crippen LogP contribution in [0.15, 0.2) is 63.9 Å². The first-order valence-electron chi connectivity index (χ1n) is 5.64. The molecule has 4 heteroatoms. The van der Waals surface area contributed by atoms with Crippen LogP contribution in [-0.2, 0) is 16.4 Å². The van der Waals surface area contributed by atoms with Gasteiger partial charge in [0.05, 0.1) is 10.6 Å². The van der Waals surface area contributed by atoms with Gasteiger partial charge in [0.2, 0.25) is 0 Å². The number of sulfonamides is 1. The van der Waals surface area contributed by atoms with Gasteiger partial charge in [0.15, 0.2) is 0 Å². The van der Waals surface area contributed by atoms with Gasteiger partial charge in [0.25, 0.3) is 10.0 Å². The van der Waals surface area contributed by atoms with Gasteiger partial charge in [0, 0.05) is 12.0 Å². The molecule has 0 radical (unpaired) electrons. The van der Waals surface area contributed by atoms with Crippen LogP contribution >= 0.6 is 0 Å². The van der Waals surface area contributed by atoms with Crippen LogP contribution in [0.2, 0.25) is 0 Å². The van der Waals surface area contributed by atoms with Gasteiger partial charge >= 0.3 is 0 Å². The summed E-state index contributed by atoms with van der Waals surface area (Å²) in [6, 6.07) is 16.7. The maximum absolute atomic E-state index is 11.9. The molecule has 1 heterocycles. The van der Waals surface area contributed by atoms with Crippen molar-refractivity contribution in [2.45, 2.75) is 11.3 Å². The Kier molecular flexibility index (Phi) is 2.52. The lowest BCUT2D eigenvalue weighted by Gasteiger charge is -2.01. The fraction of sp³-hybridized carbons (Fsp3) is 0.0714. The van der Waals surface area contributed by atoms with Crippen molar-refractivity contribution in [3.05, 3.63) is 65.7 Å². The van der Waals surface area contributed by atoms with Gasteiger partial charge in [-0.25, -0.2) is 0 Å². The predicted molar refractivity (Wildman–Crippen MR) is 70.3 cm³/mol. The second-order valence-electron chi connectivity index (χ2n) is 4.17. The minimum Gasteiger partial charge on any atom is -0.199 e. The van der Waals surface area contributed by atoms with Crippen molar-refractivity contribution in [1.82, 2.24) is 0 Å². The van der Waals surface area contributed by atoms with E-state index in [0.29, 0.717) is 17.0 Å². The standard InChI is InChI=1S/C14H11NO2S/c16-18(17)14-9-5-4-8-12(14)13(15-18)10-11-6-2-1-3-7-11/h1-9H,10H2. The highest BCUT2D eigenvalue weighted by atomic mass is 32.2. The Morgan fingerprint density at radius 2 is 1.56 bits per heavy atom. The third-order valence-electron chi connectivity index (χ3n) is 2.92. The van der Waals surface area contributed by atoms with Gasteiger partial charge in [-0.1, -0.05) is 48.5 Å². The van der Waals surface area contributed by atoms with Crippen LogP contribution in [0.25, 0.3) is 0 Å². The number of hydrogen-bond acceptors (Lipinski definition) is 2. The van der Waals surface area contributed by atoms with E-state index in [-0.39, 0.29) is 0 Å². The zero-order valence-electron chi connectivity index (χ0n) is 9.58. The fourth-order valence-electron chi connectivity index (χ4n) is 2.09. The van der Waals surface area contributed by atoms with Crippen LogP contribution < -0.4 is 0 Å². The van der Waals surface area contributed by atoms with E-state index in [1.165, 1.54) is 0 Å². The van der Waals surface area contributed by atoms with Gasteiger partial charge in [-0.05, 0) is 11.6 Å². The zero-order valence-corrected chi connectivity index (χ0v) is 10.4. The molecule has 18 heavy (non-hydrogen) atoms. The molecule has 3 nitrogen and oxygen atoms in total.